The minimum absolute atomic E-state index is 1.38. The van der Waals surface area contributed by atoms with E-state index < -0.39 is 14.7 Å². The second kappa shape index (κ2) is 5.16. The van der Waals surface area contributed by atoms with Crippen LogP contribution in [0.1, 0.15) is 0 Å². The third-order valence-corrected chi connectivity index (χ3v) is 10.6. The van der Waals surface area contributed by atoms with Crippen LogP contribution in [-0.2, 0) is 0 Å². The SMILES string of the molecule is c1ccc([As]2c3ccccc3Sc3ccccc32)cc1. The summed E-state index contributed by atoms with van der Waals surface area (Å²) in [5.41, 5.74) is 0. The van der Waals surface area contributed by atoms with Crippen LogP contribution in [0.15, 0.2) is 88.7 Å². The van der Waals surface area contributed by atoms with Crippen molar-refractivity contribution < 1.29 is 0 Å². The van der Waals surface area contributed by atoms with E-state index in [0.717, 1.165) is 0 Å². The molecule has 0 nitrogen and oxygen atoms in total. The molecule has 0 saturated carbocycles. The van der Waals surface area contributed by atoms with Crippen LogP contribution in [0.4, 0.5) is 0 Å². The Hall–Kier alpha value is -1.43. The van der Waals surface area contributed by atoms with E-state index in [2.05, 4.69) is 78.9 Å². The third-order valence-electron chi connectivity index (χ3n) is 3.45. The fourth-order valence-corrected chi connectivity index (χ4v) is 9.88. The van der Waals surface area contributed by atoms with Crippen molar-refractivity contribution in [3.8, 4) is 0 Å². The summed E-state index contributed by atoms with van der Waals surface area (Å²) in [5, 5.41) is 0. The van der Waals surface area contributed by atoms with Crippen molar-refractivity contribution in [3.63, 3.8) is 0 Å². The van der Waals surface area contributed by atoms with Gasteiger partial charge in [-0.05, 0) is 0 Å². The van der Waals surface area contributed by atoms with Gasteiger partial charge in [0.15, 0.2) is 0 Å². The molecule has 0 N–H and O–H groups in total. The fraction of sp³-hybridized carbons (Fsp3) is 0. The molecule has 3 aromatic carbocycles. The van der Waals surface area contributed by atoms with E-state index in [-0.39, 0.29) is 0 Å². The zero-order chi connectivity index (χ0) is 13.4. The predicted molar refractivity (Wildman–Crippen MR) is 88.1 cm³/mol. The molecule has 0 bridgehead atoms. The van der Waals surface area contributed by atoms with Crippen molar-refractivity contribution in [1.82, 2.24) is 0 Å². The van der Waals surface area contributed by atoms with Crippen LogP contribution in [0, 0.1) is 0 Å². The third kappa shape index (κ3) is 2.02. The van der Waals surface area contributed by atoms with Gasteiger partial charge in [0.25, 0.3) is 0 Å². The van der Waals surface area contributed by atoms with Gasteiger partial charge in [0.1, 0.15) is 0 Å². The molecule has 96 valence electrons. The molecule has 0 aromatic heterocycles. The van der Waals surface area contributed by atoms with Crippen LogP contribution in [0.25, 0.3) is 0 Å². The maximum atomic E-state index is 2.32. The molecule has 0 spiro atoms. The van der Waals surface area contributed by atoms with Crippen LogP contribution in [-0.4, -0.2) is 14.7 Å². The first kappa shape index (κ1) is 12.3. The second-order valence-electron chi connectivity index (χ2n) is 4.71. The monoisotopic (exact) mass is 336 g/mol. The molecule has 2 heteroatoms. The molecule has 1 aliphatic heterocycles. The molecule has 0 saturated heterocycles. The Bertz CT molecular complexity index is 707. The summed E-state index contributed by atoms with van der Waals surface area (Å²) in [4.78, 5) is 2.88. The van der Waals surface area contributed by atoms with Gasteiger partial charge < -0.3 is 0 Å². The van der Waals surface area contributed by atoms with Crippen molar-refractivity contribution in [1.29, 1.82) is 0 Å². The van der Waals surface area contributed by atoms with Crippen molar-refractivity contribution in [3.05, 3.63) is 78.9 Å². The minimum atomic E-state index is -1.38. The molecule has 0 fully saturated rings. The summed E-state index contributed by atoms with van der Waals surface area (Å²) in [6.45, 7) is 0. The first-order chi connectivity index (χ1) is 9.93. The molecule has 1 aliphatic rings. The Kier molecular flexibility index (Phi) is 3.18. The first-order valence-electron chi connectivity index (χ1n) is 6.64. The molecule has 4 rings (SSSR count). The van der Waals surface area contributed by atoms with Gasteiger partial charge in [-0.15, -0.1) is 0 Å². The summed E-state index contributed by atoms with van der Waals surface area (Å²) in [6, 6.07) is 28.9. The van der Waals surface area contributed by atoms with Gasteiger partial charge in [-0.3, -0.25) is 0 Å². The standard InChI is InChI=1S/C18H13AsS/c1-2-8-14(9-3-1)19-15-10-4-6-12-17(15)20-18-13-7-5-11-16(18)19/h1-13H. The van der Waals surface area contributed by atoms with E-state index in [1.165, 1.54) is 14.1 Å². The van der Waals surface area contributed by atoms with Crippen molar-refractivity contribution in [2.24, 2.45) is 0 Å². The molecule has 0 aliphatic carbocycles. The number of rotatable bonds is 1. The summed E-state index contributed by atoms with van der Waals surface area (Å²) >= 11 is 0.534. The number of hydrogen-bond donors (Lipinski definition) is 0. The summed E-state index contributed by atoms with van der Waals surface area (Å²) in [5.74, 6) is 0. The van der Waals surface area contributed by atoms with Crippen LogP contribution in [0.2, 0.25) is 0 Å². The number of benzene rings is 3. The number of hydrogen-bond acceptors (Lipinski definition) is 1. The van der Waals surface area contributed by atoms with E-state index >= 15 is 0 Å². The summed E-state index contributed by atoms with van der Waals surface area (Å²) in [6.07, 6.45) is 0. The van der Waals surface area contributed by atoms with Crippen molar-refractivity contribution in [2.45, 2.75) is 9.79 Å². The van der Waals surface area contributed by atoms with Gasteiger partial charge in [-0.25, -0.2) is 0 Å². The molecule has 0 radical (unpaired) electrons. The topological polar surface area (TPSA) is 0 Å². The molecular formula is C18H13AsS. The predicted octanol–water partition coefficient (Wildman–Crippen LogP) is 2.67. The Morgan fingerprint density at radius 2 is 1.05 bits per heavy atom. The molecule has 0 unspecified atom stereocenters. The Morgan fingerprint density at radius 3 is 1.65 bits per heavy atom. The van der Waals surface area contributed by atoms with Crippen molar-refractivity contribution in [2.75, 3.05) is 0 Å². The van der Waals surface area contributed by atoms with E-state index in [9.17, 15) is 0 Å². The van der Waals surface area contributed by atoms with E-state index in [1.807, 2.05) is 11.8 Å². The molecule has 0 atom stereocenters. The normalized spacial score (nSPS) is 13.6. The number of fused-ring (bicyclic) bond motifs is 2. The van der Waals surface area contributed by atoms with Crippen LogP contribution < -0.4 is 13.1 Å². The van der Waals surface area contributed by atoms with Crippen LogP contribution in [0.5, 0.6) is 0 Å². The second-order valence-corrected chi connectivity index (χ2v) is 10.3. The zero-order valence-corrected chi connectivity index (χ0v) is 13.6. The molecular weight excluding hydrogens is 323 g/mol. The van der Waals surface area contributed by atoms with Crippen LogP contribution in [0.3, 0.4) is 0 Å². The van der Waals surface area contributed by atoms with Crippen molar-refractivity contribution >= 4 is 39.5 Å². The Morgan fingerprint density at radius 1 is 0.550 bits per heavy atom. The molecule has 3 aromatic rings. The van der Waals surface area contributed by atoms with Crippen LogP contribution >= 0.6 is 11.8 Å². The first-order valence-corrected chi connectivity index (χ1v) is 10.3. The summed E-state index contributed by atoms with van der Waals surface area (Å²) < 4.78 is 4.64. The average molecular weight is 336 g/mol. The average Bonchev–Trinajstić information content (AvgIpc) is 2.53. The van der Waals surface area contributed by atoms with Gasteiger partial charge in [0, 0.05) is 0 Å². The van der Waals surface area contributed by atoms with Gasteiger partial charge in [0.2, 0.25) is 0 Å². The van der Waals surface area contributed by atoms with E-state index in [1.54, 1.807) is 8.70 Å². The maximum absolute atomic E-state index is 2.32. The Labute approximate surface area is 128 Å². The van der Waals surface area contributed by atoms with E-state index in [4.69, 9.17) is 0 Å². The summed E-state index contributed by atoms with van der Waals surface area (Å²) in [7, 11) is 0. The van der Waals surface area contributed by atoms with Gasteiger partial charge >= 0.3 is 128 Å². The quantitative estimate of drug-likeness (QED) is 0.482. The molecule has 0 amide bonds. The zero-order valence-electron chi connectivity index (χ0n) is 10.9. The van der Waals surface area contributed by atoms with Gasteiger partial charge in [-0.1, -0.05) is 0 Å². The van der Waals surface area contributed by atoms with Gasteiger partial charge in [-0.2, -0.15) is 0 Å². The molecule has 20 heavy (non-hydrogen) atoms. The molecule has 1 heterocycles. The van der Waals surface area contributed by atoms with E-state index in [0.29, 0.717) is 0 Å². The Balaban J connectivity index is 1.98. The fourth-order valence-electron chi connectivity index (χ4n) is 2.56. The van der Waals surface area contributed by atoms with Gasteiger partial charge in [0.05, 0.1) is 0 Å².